The molecule has 3 rings (SSSR count). The van der Waals surface area contributed by atoms with Gasteiger partial charge in [0.2, 0.25) is 0 Å². The number of imide groups is 1. The highest BCUT2D eigenvalue weighted by Gasteiger charge is 2.41. The monoisotopic (exact) mass is 431 g/mol. The second kappa shape index (κ2) is 8.29. The van der Waals surface area contributed by atoms with Gasteiger partial charge < -0.3 is 10.1 Å². The van der Waals surface area contributed by atoms with Crippen molar-refractivity contribution < 1.29 is 28.8 Å². The topological polar surface area (TPSA) is 136 Å². The minimum absolute atomic E-state index is 0.172. The van der Waals surface area contributed by atoms with E-state index in [0.29, 0.717) is 15.6 Å². The molecule has 3 amide bonds. The molecule has 0 saturated heterocycles. The van der Waals surface area contributed by atoms with Gasteiger partial charge >= 0.3 is 5.97 Å². The van der Waals surface area contributed by atoms with E-state index in [1.54, 1.807) is 18.2 Å². The molecule has 0 saturated carbocycles. The number of amides is 3. The highest BCUT2D eigenvalue weighted by atomic mass is 35.5. The first-order chi connectivity index (χ1) is 14.2. The molecule has 0 aliphatic carbocycles. The van der Waals surface area contributed by atoms with Crippen LogP contribution >= 0.6 is 11.6 Å². The smallest absolute Gasteiger partial charge is 0.326 e. The maximum absolute atomic E-state index is 12.4. The predicted molar refractivity (Wildman–Crippen MR) is 104 cm³/mol. The van der Waals surface area contributed by atoms with E-state index in [-0.39, 0.29) is 11.1 Å². The first-order valence-corrected chi connectivity index (χ1v) is 8.92. The summed E-state index contributed by atoms with van der Waals surface area (Å²) in [5.74, 6) is -3.54. The Morgan fingerprint density at radius 1 is 1.20 bits per heavy atom. The third kappa shape index (κ3) is 4.13. The van der Waals surface area contributed by atoms with Gasteiger partial charge in [0, 0.05) is 6.07 Å². The number of ether oxygens (including phenoxy) is 1. The van der Waals surface area contributed by atoms with Gasteiger partial charge in [0.15, 0.2) is 6.61 Å². The molecule has 11 heteroatoms. The number of rotatable bonds is 6. The van der Waals surface area contributed by atoms with Gasteiger partial charge in [-0.25, -0.2) is 0 Å². The maximum Gasteiger partial charge on any atom is 0.326 e. The van der Waals surface area contributed by atoms with E-state index in [4.69, 9.17) is 16.3 Å². The molecule has 1 aliphatic heterocycles. The van der Waals surface area contributed by atoms with Crippen LogP contribution in [0.5, 0.6) is 0 Å². The van der Waals surface area contributed by atoms with Crippen molar-refractivity contribution in [2.24, 2.45) is 0 Å². The summed E-state index contributed by atoms with van der Waals surface area (Å²) in [6, 6.07) is 8.58. The lowest BCUT2D eigenvalue weighted by Gasteiger charge is -2.13. The van der Waals surface area contributed by atoms with Crippen molar-refractivity contribution in [2.45, 2.75) is 6.92 Å². The summed E-state index contributed by atoms with van der Waals surface area (Å²) >= 11 is 6.01. The predicted octanol–water partition coefficient (Wildman–Crippen LogP) is 2.33. The molecule has 1 heterocycles. The molecule has 154 valence electrons. The highest BCUT2D eigenvalue weighted by molar-refractivity contribution is 6.33. The van der Waals surface area contributed by atoms with Crippen LogP contribution in [-0.2, 0) is 14.3 Å². The number of fused-ring (bicyclic) bond motifs is 1. The Labute approximate surface area is 174 Å². The van der Waals surface area contributed by atoms with Crippen molar-refractivity contribution >= 4 is 46.7 Å². The first-order valence-electron chi connectivity index (χ1n) is 8.54. The zero-order valence-electron chi connectivity index (χ0n) is 15.5. The minimum Gasteiger partial charge on any atom is -0.454 e. The molecule has 10 nitrogen and oxygen atoms in total. The number of halogens is 1. The van der Waals surface area contributed by atoms with Crippen LogP contribution in [-0.4, -0.2) is 46.7 Å². The number of aryl methyl sites for hydroxylation is 1. The van der Waals surface area contributed by atoms with Crippen LogP contribution in [0.3, 0.4) is 0 Å². The molecule has 0 unspecified atom stereocenters. The Morgan fingerprint density at radius 3 is 2.60 bits per heavy atom. The van der Waals surface area contributed by atoms with E-state index in [1.807, 2.05) is 6.92 Å². The molecule has 1 N–H and O–H groups in total. The molecule has 1 aliphatic rings. The summed E-state index contributed by atoms with van der Waals surface area (Å²) in [6.45, 7) is 0.363. The second-order valence-corrected chi connectivity index (χ2v) is 6.75. The molecule has 0 spiro atoms. The average molecular weight is 432 g/mol. The normalized spacial score (nSPS) is 12.5. The highest BCUT2D eigenvalue weighted by Crippen LogP contribution is 2.30. The third-order valence-electron chi connectivity index (χ3n) is 4.22. The molecule has 0 atom stereocenters. The molecule has 2 aromatic rings. The summed E-state index contributed by atoms with van der Waals surface area (Å²) in [7, 11) is 0. The van der Waals surface area contributed by atoms with E-state index in [1.165, 1.54) is 12.1 Å². The van der Waals surface area contributed by atoms with Crippen LogP contribution in [0, 0.1) is 17.0 Å². The molecule has 0 fully saturated rings. The van der Waals surface area contributed by atoms with E-state index >= 15 is 0 Å². The van der Waals surface area contributed by atoms with Crippen molar-refractivity contribution in [1.82, 2.24) is 4.90 Å². The molecule has 2 aromatic carbocycles. The Bertz CT molecular complexity index is 1100. The summed E-state index contributed by atoms with van der Waals surface area (Å²) in [4.78, 5) is 59.6. The number of anilines is 1. The number of carbonyl (C=O) groups excluding carboxylic acids is 4. The van der Waals surface area contributed by atoms with E-state index < -0.39 is 47.5 Å². The Morgan fingerprint density at radius 2 is 1.93 bits per heavy atom. The summed E-state index contributed by atoms with van der Waals surface area (Å²) < 4.78 is 4.80. The van der Waals surface area contributed by atoms with Gasteiger partial charge in [-0.05, 0) is 30.7 Å². The molecule has 0 aromatic heterocycles. The number of nitro benzene ring substituents is 1. The maximum atomic E-state index is 12.4. The SMILES string of the molecule is Cc1ccc(NC(=O)COC(=O)CN2C(=O)c3cccc([N+](=O)[O-])c3C2=O)c(Cl)c1. The third-order valence-corrected chi connectivity index (χ3v) is 4.54. The lowest BCUT2D eigenvalue weighted by atomic mass is 10.1. The van der Waals surface area contributed by atoms with Gasteiger partial charge in [-0.1, -0.05) is 23.7 Å². The van der Waals surface area contributed by atoms with Crippen LogP contribution < -0.4 is 5.32 Å². The van der Waals surface area contributed by atoms with Crippen LogP contribution in [0.4, 0.5) is 11.4 Å². The zero-order chi connectivity index (χ0) is 22.0. The van der Waals surface area contributed by atoms with E-state index in [9.17, 15) is 29.3 Å². The van der Waals surface area contributed by atoms with Gasteiger partial charge in [0.1, 0.15) is 12.1 Å². The average Bonchev–Trinajstić information content (AvgIpc) is 2.93. The number of hydrogen-bond donors (Lipinski definition) is 1. The van der Waals surface area contributed by atoms with Crippen LogP contribution in [0.2, 0.25) is 5.02 Å². The lowest BCUT2D eigenvalue weighted by molar-refractivity contribution is -0.385. The fourth-order valence-corrected chi connectivity index (χ4v) is 3.12. The summed E-state index contributed by atoms with van der Waals surface area (Å²) in [6.07, 6.45) is 0. The quantitative estimate of drug-likeness (QED) is 0.321. The van der Waals surface area contributed by atoms with Crippen molar-refractivity contribution in [3.8, 4) is 0 Å². The lowest BCUT2D eigenvalue weighted by Crippen LogP contribution is -2.36. The second-order valence-electron chi connectivity index (χ2n) is 6.35. The molecular weight excluding hydrogens is 418 g/mol. The fraction of sp³-hybridized carbons (Fsp3) is 0.158. The molecule has 30 heavy (non-hydrogen) atoms. The van der Waals surface area contributed by atoms with E-state index in [0.717, 1.165) is 11.6 Å². The molecule has 0 bridgehead atoms. The van der Waals surface area contributed by atoms with Gasteiger partial charge in [-0.15, -0.1) is 0 Å². The number of benzene rings is 2. The summed E-state index contributed by atoms with van der Waals surface area (Å²) in [5, 5.41) is 13.9. The number of nitro groups is 1. The van der Waals surface area contributed by atoms with Crippen molar-refractivity contribution in [3.63, 3.8) is 0 Å². The van der Waals surface area contributed by atoms with Crippen LogP contribution in [0.1, 0.15) is 26.3 Å². The largest absolute Gasteiger partial charge is 0.454 e. The Balaban J connectivity index is 1.61. The number of carbonyl (C=O) groups is 4. The number of hydrogen-bond acceptors (Lipinski definition) is 7. The van der Waals surface area contributed by atoms with Crippen LogP contribution in [0.15, 0.2) is 36.4 Å². The Kier molecular flexibility index (Phi) is 5.79. The van der Waals surface area contributed by atoms with Gasteiger partial charge in [0.25, 0.3) is 23.4 Å². The van der Waals surface area contributed by atoms with Crippen molar-refractivity contribution in [3.05, 3.63) is 68.2 Å². The van der Waals surface area contributed by atoms with Crippen LogP contribution in [0.25, 0.3) is 0 Å². The van der Waals surface area contributed by atoms with Gasteiger partial charge in [-0.3, -0.25) is 34.2 Å². The Hall–Kier alpha value is -3.79. The minimum atomic E-state index is -1.03. The number of nitrogens with one attached hydrogen (secondary N) is 1. The molecule has 0 radical (unpaired) electrons. The molecular formula is C19H14ClN3O7. The number of nitrogens with zero attached hydrogens (tertiary/aromatic N) is 2. The van der Waals surface area contributed by atoms with Crippen molar-refractivity contribution in [1.29, 1.82) is 0 Å². The zero-order valence-corrected chi connectivity index (χ0v) is 16.3. The van der Waals surface area contributed by atoms with E-state index in [2.05, 4.69) is 5.32 Å². The first kappa shape index (κ1) is 20.9. The van der Waals surface area contributed by atoms with Gasteiger partial charge in [-0.2, -0.15) is 0 Å². The fourth-order valence-electron chi connectivity index (χ4n) is 2.84. The number of esters is 1. The standard InChI is InChI=1S/C19H14ClN3O7/c1-10-5-6-13(12(20)7-10)21-15(24)9-30-16(25)8-22-18(26)11-3-2-4-14(23(28)29)17(11)19(22)27/h2-7H,8-9H2,1H3,(H,21,24). The summed E-state index contributed by atoms with van der Waals surface area (Å²) in [5.41, 5.74) is 0.137. The van der Waals surface area contributed by atoms with Crippen molar-refractivity contribution in [2.75, 3.05) is 18.5 Å². The van der Waals surface area contributed by atoms with Gasteiger partial charge in [0.05, 0.1) is 21.2 Å².